The molecular formula is C10H6IN3O2S. The highest BCUT2D eigenvalue weighted by atomic mass is 127. The molecule has 2 aromatic rings. The van der Waals surface area contributed by atoms with Gasteiger partial charge in [-0.15, -0.1) is 0 Å². The van der Waals surface area contributed by atoms with Gasteiger partial charge in [0.2, 0.25) is 0 Å². The molecule has 7 heteroatoms. The van der Waals surface area contributed by atoms with E-state index in [1.807, 2.05) is 0 Å². The lowest BCUT2D eigenvalue weighted by Gasteiger charge is -1.99. The summed E-state index contributed by atoms with van der Waals surface area (Å²) in [7, 11) is 0. The number of rotatable bonds is 3. The first-order valence-corrected chi connectivity index (χ1v) is 6.39. The average molecular weight is 359 g/mol. The van der Waals surface area contributed by atoms with Gasteiger partial charge in [-0.2, -0.15) is 0 Å². The van der Waals surface area contributed by atoms with Crippen molar-refractivity contribution < 1.29 is 9.90 Å². The zero-order valence-corrected chi connectivity index (χ0v) is 11.3. The maximum atomic E-state index is 10.6. The molecule has 0 amide bonds. The highest BCUT2D eigenvalue weighted by Gasteiger charge is 2.05. The van der Waals surface area contributed by atoms with Crippen LogP contribution in [0.1, 0.15) is 10.4 Å². The molecule has 0 saturated heterocycles. The minimum Gasteiger partial charge on any atom is -0.478 e. The van der Waals surface area contributed by atoms with Crippen molar-refractivity contribution in [1.82, 2.24) is 15.0 Å². The third-order valence-electron chi connectivity index (χ3n) is 1.78. The molecule has 1 N–H and O–H groups in total. The predicted octanol–water partition coefficient (Wildman–Crippen LogP) is 2.33. The molecule has 0 atom stereocenters. The van der Waals surface area contributed by atoms with Gasteiger partial charge in [-0.1, -0.05) is 0 Å². The lowest BCUT2D eigenvalue weighted by Crippen LogP contribution is -1.96. The molecular weight excluding hydrogens is 353 g/mol. The Kier molecular flexibility index (Phi) is 3.89. The number of hydrogen-bond acceptors (Lipinski definition) is 5. The van der Waals surface area contributed by atoms with E-state index in [4.69, 9.17) is 5.11 Å². The van der Waals surface area contributed by atoms with Gasteiger partial charge in [0.1, 0.15) is 5.03 Å². The van der Waals surface area contributed by atoms with Crippen LogP contribution in [0.3, 0.4) is 0 Å². The number of aromatic nitrogens is 3. The fraction of sp³-hybridized carbons (Fsp3) is 0. The van der Waals surface area contributed by atoms with Crippen molar-refractivity contribution in [1.29, 1.82) is 0 Å². The first-order valence-electron chi connectivity index (χ1n) is 4.50. The molecule has 86 valence electrons. The quantitative estimate of drug-likeness (QED) is 0.670. The van der Waals surface area contributed by atoms with Gasteiger partial charge < -0.3 is 5.11 Å². The van der Waals surface area contributed by atoms with E-state index in [0.717, 1.165) is 3.57 Å². The van der Waals surface area contributed by atoms with Gasteiger partial charge in [0.25, 0.3) is 0 Å². The summed E-state index contributed by atoms with van der Waals surface area (Å²) in [6.07, 6.45) is 4.74. The summed E-state index contributed by atoms with van der Waals surface area (Å²) in [6.45, 7) is 0. The van der Waals surface area contributed by atoms with Gasteiger partial charge in [-0.3, -0.25) is 0 Å². The molecule has 2 aromatic heterocycles. The molecule has 2 rings (SSSR count). The number of hydrogen-bond donors (Lipinski definition) is 1. The molecule has 0 aliphatic rings. The van der Waals surface area contributed by atoms with Gasteiger partial charge >= 0.3 is 5.97 Å². The maximum absolute atomic E-state index is 10.6. The van der Waals surface area contributed by atoms with Gasteiger partial charge in [0.15, 0.2) is 5.16 Å². The Bertz CT molecular complexity index is 530. The van der Waals surface area contributed by atoms with E-state index in [9.17, 15) is 4.79 Å². The van der Waals surface area contributed by atoms with Crippen LogP contribution in [0.4, 0.5) is 0 Å². The summed E-state index contributed by atoms with van der Waals surface area (Å²) in [5.41, 5.74) is 0.165. The second-order valence-electron chi connectivity index (χ2n) is 2.98. The fourth-order valence-electron chi connectivity index (χ4n) is 1.01. The van der Waals surface area contributed by atoms with Gasteiger partial charge in [0, 0.05) is 22.2 Å². The number of nitrogens with zero attached hydrogens (tertiary/aromatic N) is 3. The van der Waals surface area contributed by atoms with Crippen LogP contribution < -0.4 is 0 Å². The Morgan fingerprint density at radius 2 is 1.88 bits per heavy atom. The minimum absolute atomic E-state index is 0.165. The summed E-state index contributed by atoms with van der Waals surface area (Å²) in [6, 6.07) is 3.14. The van der Waals surface area contributed by atoms with Crippen molar-refractivity contribution in [2.24, 2.45) is 0 Å². The molecule has 0 aliphatic heterocycles. The van der Waals surface area contributed by atoms with Crippen LogP contribution in [0.2, 0.25) is 0 Å². The van der Waals surface area contributed by atoms with Crippen molar-refractivity contribution in [2.45, 2.75) is 10.2 Å². The molecule has 0 aliphatic carbocycles. The van der Waals surface area contributed by atoms with Crippen molar-refractivity contribution in [2.75, 3.05) is 0 Å². The second kappa shape index (κ2) is 5.41. The summed E-state index contributed by atoms with van der Waals surface area (Å²) in [5, 5.41) is 9.97. The highest BCUT2D eigenvalue weighted by molar-refractivity contribution is 14.1. The Morgan fingerprint density at radius 3 is 2.41 bits per heavy atom. The first-order chi connectivity index (χ1) is 8.15. The minimum atomic E-state index is -0.987. The molecule has 0 aromatic carbocycles. The largest absolute Gasteiger partial charge is 0.478 e. The smallest absolute Gasteiger partial charge is 0.337 e. The molecule has 5 nitrogen and oxygen atoms in total. The van der Waals surface area contributed by atoms with E-state index in [1.165, 1.54) is 24.0 Å². The van der Waals surface area contributed by atoms with Crippen LogP contribution in [0.25, 0.3) is 0 Å². The van der Waals surface area contributed by atoms with Crippen LogP contribution >= 0.6 is 34.4 Å². The average Bonchev–Trinajstić information content (AvgIpc) is 2.33. The summed E-state index contributed by atoms with van der Waals surface area (Å²) < 4.78 is 0.959. The van der Waals surface area contributed by atoms with E-state index >= 15 is 0 Å². The van der Waals surface area contributed by atoms with Crippen molar-refractivity contribution in [3.05, 3.63) is 39.9 Å². The molecule has 0 fully saturated rings. The predicted molar refractivity (Wildman–Crippen MR) is 70.1 cm³/mol. The number of halogens is 1. The Labute approximate surface area is 115 Å². The summed E-state index contributed by atoms with van der Waals surface area (Å²) in [5.74, 6) is -0.987. The zero-order valence-electron chi connectivity index (χ0n) is 8.37. The lowest BCUT2D eigenvalue weighted by molar-refractivity contribution is 0.0696. The number of carboxylic acids is 1. The van der Waals surface area contributed by atoms with Crippen LogP contribution in [0.15, 0.2) is 40.9 Å². The number of carbonyl (C=O) groups is 1. The van der Waals surface area contributed by atoms with Gasteiger partial charge in [-0.05, 0) is 46.5 Å². The third-order valence-corrected chi connectivity index (χ3v) is 3.18. The number of pyridine rings is 1. The van der Waals surface area contributed by atoms with E-state index in [-0.39, 0.29) is 5.56 Å². The second-order valence-corrected chi connectivity index (χ2v) is 5.21. The van der Waals surface area contributed by atoms with E-state index in [2.05, 4.69) is 37.5 Å². The summed E-state index contributed by atoms with van der Waals surface area (Å²) in [4.78, 5) is 22.9. The molecule has 0 spiro atoms. The van der Waals surface area contributed by atoms with E-state index in [1.54, 1.807) is 18.5 Å². The standard InChI is InChI=1S/C10H6IN3O2S/c11-7-4-13-10(14-5-7)17-8-2-1-6(3-12-8)9(15)16/h1-5H,(H,15,16). The van der Waals surface area contributed by atoms with Gasteiger partial charge in [-0.25, -0.2) is 19.7 Å². The van der Waals surface area contributed by atoms with E-state index in [0.29, 0.717) is 10.2 Å². The lowest BCUT2D eigenvalue weighted by atomic mass is 10.3. The Balaban J connectivity index is 2.13. The Morgan fingerprint density at radius 1 is 1.18 bits per heavy atom. The number of aromatic carboxylic acids is 1. The monoisotopic (exact) mass is 359 g/mol. The van der Waals surface area contributed by atoms with Crippen LogP contribution in [0, 0.1) is 3.57 Å². The Hall–Kier alpha value is -1.22. The maximum Gasteiger partial charge on any atom is 0.337 e. The molecule has 17 heavy (non-hydrogen) atoms. The van der Waals surface area contributed by atoms with E-state index < -0.39 is 5.97 Å². The van der Waals surface area contributed by atoms with Crippen LogP contribution in [-0.4, -0.2) is 26.0 Å². The molecule has 0 radical (unpaired) electrons. The van der Waals surface area contributed by atoms with Crippen molar-refractivity contribution in [3.63, 3.8) is 0 Å². The number of carboxylic acid groups (broad SMARTS) is 1. The topological polar surface area (TPSA) is 76.0 Å². The first kappa shape index (κ1) is 12.2. The van der Waals surface area contributed by atoms with Gasteiger partial charge in [0.05, 0.1) is 5.56 Å². The fourth-order valence-corrected chi connectivity index (χ4v) is 1.93. The van der Waals surface area contributed by atoms with Crippen molar-refractivity contribution >= 4 is 40.3 Å². The SMILES string of the molecule is O=C(O)c1ccc(Sc2ncc(I)cn2)nc1. The molecule has 0 saturated carbocycles. The molecule has 2 heterocycles. The van der Waals surface area contributed by atoms with Crippen LogP contribution in [0.5, 0.6) is 0 Å². The third kappa shape index (κ3) is 3.37. The molecule has 0 bridgehead atoms. The highest BCUT2D eigenvalue weighted by Crippen LogP contribution is 2.22. The zero-order chi connectivity index (χ0) is 12.3. The summed E-state index contributed by atoms with van der Waals surface area (Å²) >= 11 is 3.41. The molecule has 0 unspecified atom stereocenters. The van der Waals surface area contributed by atoms with Crippen molar-refractivity contribution in [3.8, 4) is 0 Å². The van der Waals surface area contributed by atoms with Crippen LogP contribution in [-0.2, 0) is 0 Å². The normalized spacial score (nSPS) is 10.2.